The topological polar surface area (TPSA) is 41.9 Å². The van der Waals surface area contributed by atoms with E-state index in [1.165, 1.54) is 12.8 Å². The molecule has 1 aromatic heterocycles. The summed E-state index contributed by atoms with van der Waals surface area (Å²) in [5.41, 5.74) is 0. The van der Waals surface area contributed by atoms with Gasteiger partial charge in [0.05, 0.1) is 0 Å². The third-order valence-corrected chi connectivity index (χ3v) is 2.60. The monoisotopic (exact) mass is 232 g/mol. The van der Waals surface area contributed by atoms with Crippen LogP contribution in [0, 0.1) is 5.92 Å². The molecule has 6 heteroatoms. The summed E-state index contributed by atoms with van der Waals surface area (Å²) in [4.78, 5) is 6.01. The molecule has 76 valence electrons. The minimum absolute atomic E-state index is 0.132. The number of nitrogens with zero attached hydrogens (tertiary/aromatic N) is 4. The zero-order valence-corrected chi connectivity index (χ0v) is 9.26. The zero-order chi connectivity index (χ0) is 10.1. The Morgan fingerprint density at radius 1 is 1.36 bits per heavy atom. The van der Waals surface area contributed by atoms with Gasteiger partial charge in [-0.25, -0.2) is 0 Å². The zero-order valence-electron chi connectivity index (χ0n) is 7.74. The van der Waals surface area contributed by atoms with Crippen LogP contribution < -0.4 is 4.90 Å². The Kier molecular flexibility index (Phi) is 2.74. The molecule has 1 aromatic rings. The van der Waals surface area contributed by atoms with Crippen molar-refractivity contribution in [2.24, 2.45) is 5.92 Å². The molecule has 4 nitrogen and oxygen atoms in total. The Morgan fingerprint density at radius 2 is 2.07 bits per heavy atom. The van der Waals surface area contributed by atoms with Crippen LogP contribution in [0.5, 0.6) is 0 Å². The fourth-order valence-corrected chi connectivity index (χ4v) is 1.64. The quantitative estimate of drug-likeness (QED) is 0.800. The van der Waals surface area contributed by atoms with Gasteiger partial charge in [-0.3, -0.25) is 0 Å². The SMILES string of the molecule is CN(CC1CC1)c1nc(Cl)nnc1Cl. The third-order valence-electron chi connectivity index (χ3n) is 2.19. The molecular formula is C8H10Cl2N4. The smallest absolute Gasteiger partial charge is 0.245 e. The van der Waals surface area contributed by atoms with Gasteiger partial charge in [-0.05, 0) is 30.4 Å². The van der Waals surface area contributed by atoms with Crippen LogP contribution in [-0.4, -0.2) is 28.8 Å². The molecule has 0 bridgehead atoms. The molecule has 0 N–H and O–H groups in total. The van der Waals surface area contributed by atoms with Crippen LogP contribution in [0.4, 0.5) is 5.82 Å². The van der Waals surface area contributed by atoms with Crippen LogP contribution in [0.1, 0.15) is 12.8 Å². The van der Waals surface area contributed by atoms with E-state index in [1.54, 1.807) is 0 Å². The maximum Gasteiger partial charge on any atom is 0.245 e. The molecule has 1 aliphatic carbocycles. The minimum Gasteiger partial charge on any atom is -0.357 e. The summed E-state index contributed by atoms with van der Waals surface area (Å²) in [6.07, 6.45) is 2.57. The molecule has 0 aromatic carbocycles. The van der Waals surface area contributed by atoms with E-state index in [0.717, 1.165) is 12.5 Å². The van der Waals surface area contributed by atoms with Crippen LogP contribution in [0.3, 0.4) is 0 Å². The van der Waals surface area contributed by atoms with Gasteiger partial charge in [0.2, 0.25) is 5.28 Å². The number of rotatable bonds is 3. The lowest BCUT2D eigenvalue weighted by Gasteiger charge is -2.17. The highest BCUT2D eigenvalue weighted by molar-refractivity contribution is 6.32. The number of halogens is 2. The molecule has 0 saturated heterocycles. The van der Waals surface area contributed by atoms with Crippen molar-refractivity contribution in [1.29, 1.82) is 0 Å². The Hall–Kier alpha value is -0.610. The van der Waals surface area contributed by atoms with E-state index in [2.05, 4.69) is 15.2 Å². The van der Waals surface area contributed by atoms with Gasteiger partial charge in [-0.2, -0.15) is 4.98 Å². The summed E-state index contributed by atoms with van der Waals surface area (Å²) >= 11 is 11.5. The third kappa shape index (κ3) is 2.25. The van der Waals surface area contributed by atoms with Gasteiger partial charge in [-0.1, -0.05) is 11.6 Å². The van der Waals surface area contributed by atoms with Crippen molar-refractivity contribution in [3.8, 4) is 0 Å². The standard InChI is InChI=1S/C8H10Cl2N4/c1-14(4-5-2-3-5)7-6(9)12-13-8(10)11-7/h5H,2-4H2,1H3. The van der Waals surface area contributed by atoms with E-state index in [9.17, 15) is 0 Å². The van der Waals surface area contributed by atoms with Gasteiger partial charge >= 0.3 is 0 Å². The summed E-state index contributed by atoms with van der Waals surface area (Å²) < 4.78 is 0. The van der Waals surface area contributed by atoms with Gasteiger partial charge < -0.3 is 4.90 Å². The maximum absolute atomic E-state index is 5.86. The second-order valence-corrected chi connectivity index (χ2v) is 4.22. The van der Waals surface area contributed by atoms with Gasteiger partial charge in [-0.15, -0.1) is 10.2 Å². The van der Waals surface area contributed by atoms with Gasteiger partial charge in [0.15, 0.2) is 11.0 Å². The first-order valence-corrected chi connectivity index (χ1v) is 5.19. The van der Waals surface area contributed by atoms with Crippen molar-refractivity contribution in [3.05, 3.63) is 10.4 Å². The summed E-state index contributed by atoms with van der Waals surface area (Å²) in [5.74, 6) is 1.38. The fourth-order valence-electron chi connectivity index (χ4n) is 1.30. The molecular weight excluding hydrogens is 223 g/mol. The normalized spacial score (nSPS) is 15.6. The van der Waals surface area contributed by atoms with Crippen LogP contribution in [-0.2, 0) is 0 Å². The van der Waals surface area contributed by atoms with Crippen molar-refractivity contribution in [1.82, 2.24) is 15.2 Å². The van der Waals surface area contributed by atoms with Crippen LogP contribution >= 0.6 is 23.2 Å². The van der Waals surface area contributed by atoms with Crippen LogP contribution in [0.15, 0.2) is 0 Å². The molecule has 14 heavy (non-hydrogen) atoms. The van der Waals surface area contributed by atoms with Crippen LogP contribution in [0.25, 0.3) is 0 Å². The molecule has 1 aliphatic rings. The van der Waals surface area contributed by atoms with Gasteiger partial charge in [0.25, 0.3) is 0 Å². The first-order valence-electron chi connectivity index (χ1n) is 4.43. The molecule has 0 radical (unpaired) electrons. The Morgan fingerprint density at radius 3 is 2.71 bits per heavy atom. The minimum atomic E-state index is 0.132. The van der Waals surface area contributed by atoms with Crippen molar-refractivity contribution in [3.63, 3.8) is 0 Å². The van der Waals surface area contributed by atoms with E-state index in [0.29, 0.717) is 11.0 Å². The summed E-state index contributed by atoms with van der Waals surface area (Å²) in [7, 11) is 1.94. The second-order valence-electron chi connectivity index (χ2n) is 3.52. The molecule has 1 fully saturated rings. The molecule has 0 spiro atoms. The van der Waals surface area contributed by atoms with Gasteiger partial charge in [0, 0.05) is 13.6 Å². The number of aromatic nitrogens is 3. The molecule has 0 amide bonds. The highest BCUT2D eigenvalue weighted by Crippen LogP contribution is 2.31. The van der Waals surface area contributed by atoms with Crippen molar-refractivity contribution < 1.29 is 0 Å². The van der Waals surface area contributed by atoms with Crippen molar-refractivity contribution in [2.45, 2.75) is 12.8 Å². The van der Waals surface area contributed by atoms with E-state index >= 15 is 0 Å². The lowest BCUT2D eigenvalue weighted by molar-refractivity contribution is 0.768. The van der Waals surface area contributed by atoms with E-state index in [1.807, 2.05) is 11.9 Å². The van der Waals surface area contributed by atoms with Crippen molar-refractivity contribution in [2.75, 3.05) is 18.5 Å². The maximum atomic E-state index is 5.86. The Balaban J connectivity index is 2.15. The molecule has 0 atom stereocenters. The van der Waals surface area contributed by atoms with Crippen molar-refractivity contribution >= 4 is 29.0 Å². The highest BCUT2D eigenvalue weighted by Gasteiger charge is 2.24. The van der Waals surface area contributed by atoms with Gasteiger partial charge in [0.1, 0.15) is 0 Å². The van der Waals surface area contributed by atoms with E-state index < -0.39 is 0 Å². The largest absolute Gasteiger partial charge is 0.357 e. The predicted octanol–water partition coefficient (Wildman–Crippen LogP) is 2.02. The summed E-state index contributed by atoms with van der Waals surface area (Å²) in [6.45, 7) is 0.953. The molecule has 1 heterocycles. The lowest BCUT2D eigenvalue weighted by Crippen LogP contribution is -2.22. The number of anilines is 1. The van der Waals surface area contributed by atoms with E-state index in [4.69, 9.17) is 23.2 Å². The lowest BCUT2D eigenvalue weighted by atomic mass is 10.4. The highest BCUT2D eigenvalue weighted by atomic mass is 35.5. The molecule has 0 aliphatic heterocycles. The summed E-state index contributed by atoms with van der Waals surface area (Å²) in [6, 6.07) is 0. The number of hydrogen-bond donors (Lipinski definition) is 0. The second kappa shape index (κ2) is 3.87. The predicted molar refractivity (Wildman–Crippen MR) is 55.8 cm³/mol. The average Bonchev–Trinajstić information content (AvgIpc) is 2.93. The number of hydrogen-bond acceptors (Lipinski definition) is 4. The Bertz CT molecular complexity index is 340. The summed E-state index contributed by atoms with van der Waals surface area (Å²) in [5, 5.41) is 7.70. The Labute approximate surface area is 92.2 Å². The van der Waals surface area contributed by atoms with Crippen LogP contribution in [0.2, 0.25) is 10.4 Å². The first kappa shape index (κ1) is 9.93. The molecule has 2 rings (SSSR count). The molecule has 1 saturated carbocycles. The fraction of sp³-hybridized carbons (Fsp3) is 0.625. The van der Waals surface area contributed by atoms with E-state index in [-0.39, 0.29) is 5.28 Å². The molecule has 0 unspecified atom stereocenters. The average molecular weight is 233 g/mol. The first-order chi connectivity index (χ1) is 6.66.